The molecular weight excluding hydrogens is 324 g/mol. The molecule has 106 valence electrons. The lowest BCUT2D eigenvalue weighted by molar-refractivity contribution is -0.384. The van der Waals surface area contributed by atoms with Gasteiger partial charge in [-0.1, -0.05) is 15.9 Å². The molecule has 0 spiro atoms. The number of piperidine rings is 1. The molecule has 1 saturated heterocycles. The van der Waals surface area contributed by atoms with Gasteiger partial charge in [0.25, 0.3) is 5.69 Å². The monoisotopic (exact) mass is 338 g/mol. The molecule has 1 aliphatic heterocycles. The second kappa shape index (κ2) is 6.68. The number of halogens is 1. The van der Waals surface area contributed by atoms with Crippen LogP contribution >= 0.6 is 15.9 Å². The summed E-state index contributed by atoms with van der Waals surface area (Å²) in [5, 5.41) is 23.0. The van der Waals surface area contributed by atoms with E-state index in [0.717, 1.165) is 25.9 Å². The second-order valence-electron chi connectivity index (χ2n) is 4.77. The molecule has 0 radical (unpaired) electrons. The number of hydrogen-bond donors (Lipinski definition) is 1. The number of nitro benzene ring substituents is 1. The van der Waals surface area contributed by atoms with Crippen LogP contribution in [-0.2, 0) is 0 Å². The molecule has 0 amide bonds. The van der Waals surface area contributed by atoms with Crippen molar-refractivity contribution < 1.29 is 4.92 Å². The zero-order chi connectivity index (χ0) is 14.5. The molecule has 1 fully saturated rings. The molecule has 1 aromatic carbocycles. The van der Waals surface area contributed by atoms with Crippen molar-refractivity contribution in [2.75, 3.05) is 25.0 Å². The smallest absolute Gasteiger partial charge is 0.293 e. The Morgan fingerprint density at radius 1 is 1.50 bits per heavy atom. The third-order valence-electron chi connectivity index (χ3n) is 3.40. The molecule has 1 aromatic rings. The van der Waals surface area contributed by atoms with Gasteiger partial charge < -0.3 is 5.32 Å². The van der Waals surface area contributed by atoms with Crippen molar-refractivity contribution >= 4 is 27.3 Å². The third kappa shape index (κ3) is 3.68. The van der Waals surface area contributed by atoms with E-state index in [1.54, 1.807) is 12.1 Å². The fourth-order valence-corrected chi connectivity index (χ4v) is 2.68. The van der Waals surface area contributed by atoms with Gasteiger partial charge in [0.15, 0.2) is 0 Å². The number of likely N-dealkylation sites (tertiary alicyclic amines) is 1. The maximum atomic E-state index is 11.1. The van der Waals surface area contributed by atoms with Crippen LogP contribution in [0.3, 0.4) is 0 Å². The lowest BCUT2D eigenvalue weighted by atomic mass is 10.0. The van der Waals surface area contributed by atoms with Gasteiger partial charge in [-0.05, 0) is 25.0 Å². The summed E-state index contributed by atoms with van der Waals surface area (Å²) in [5.74, 6) is 0. The van der Waals surface area contributed by atoms with Crippen molar-refractivity contribution in [3.05, 3.63) is 32.8 Å². The largest absolute Gasteiger partial charge is 0.377 e. The Hall–Kier alpha value is -1.65. The fraction of sp³-hybridized carbons (Fsp3) is 0.462. The zero-order valence-corrected chi connectivity index (χ0v) is 12.5. The van der Waals surface area contributed by atoms with Gasteiger partial charge in [0.1, 0.15) is 5.69 Å². The van der Waals surface area contributed by atoms with Gasteiger partial charge in [-0.2, -0.15) is 5.26 Å². The lowest BCUT2D eigenvalue weighted by Gasteiger charge is -2.31. The second-order valence-corrected chi connectivity index (χ2v) is 5.69. The first kappa shape index (κ1) is 14.8. The molecule has 0 aliphatic carbocycles. The standard InChI is InChI=1S/C13H15BrN4O2/c14-10-1-2-12(13(9-10)18(19)20)16-11-3-6-17(7-4-11)8-5-15/h1-2,9,11,16H,3-4,6-8H2. The Morgan fingerprint density at radius 2 is 2.20 bits per heavy atom. The molecule has 0 saturated carbocycles. The molecule has 0 unspecified atom stereocenters. The van der Waals surface area contributed by atoms with E-state index in [4.69, 9.17) is 5.26 Å². The van der Waals surface area contributed by atoms with Crippen LogP contribution < -0.4 is 5.32 Å². The average molecular weight is 339 g/mol. The van der Waals surface area contributed by atoms with Crippen molar-refractivity contribution in [2.24, 2.45) is 0 Å². The van der Waals surface area contributed by atoms with Crippen LogP contribution in [0, 0.1) is 21.4 Å². The normalized spacial score (nSPS) is 16.6. The molecule has 0 aromatic heterocycles. The van der Waals surface area contributed by atoms with Crippen LogP contribution in [0.2, 0.25) is 0 Å². The topological polar surface area (TPSA) is 82.2 Å². The first-order valence-electron chi connectivity index (χ1n) is 6.40. The van der Waals surface area contributed by atoms with Gasteiger partial charge in [0.2, 0.25) is 0 Å². The quantitative estimate of drug-likeness (QED) is 0.518. The average Bonchev–Trinajstić information content (AvgIpc) is 2.43. The number of nitriles is 1. The first-order valence-corrected chi connectivity index (χ1v) is 7.19. The summed E-state index contributed by atoms with van der Waals surface area (Å²) in [7, 11) is 0. The van der Waals surface area contributed by atoms with E-state index >= 15 is 0 Å². The van der Waals surface area contributed by atoms with E-state index in [9.17, 15) is 10.1 Å². The number of hydrogen-bond acceptors (Lipinski definition) is 5. The molecule has 2 rings (SSSR count). The minimum Gasteiger partial charge on any atom is -0.377 e. The van der Waals surface area contributed by atoms with Gasteiger partial charge in [-0.25, -0.2) is 0 Å². The van der Waals surface area contributed by atoms with E-state index in [0.29, 0.717) is 16.7 Å². The van der Waals surface area contributed by atoms with Gasteiger partial charge in [-0.15, -0.1) is 0 Å². The molecule has 0 atom stereocenters. The zero-order valence-electron chi connectivity index (χ0n) is 10.9. The number of nitrogens with one attached hydrogen (secondary N) is 1. The molecule has 1 aliphatic rings. The Balaban J connectivity index is 2.01. The highest BCUT2D eigenvalue weighted by Gasteiger charge is 2.22. The summed E-state index contributed by atoms with van der Waals surface area (Å²) in [6, 6.07) is 7.38. The first-order chi connectivity index (χ1) is 9.60. The highest BCUT2D eigenvalue weighted by atomic mass is 79.9. The summed E-state index contributed by atoms with van der Waals surface area (Å²) in [6.07, 6.45) is 1.77. The SMILES string of the molecule is N#CCN1CCC(Nc2ccc(Br)cc2[N+](=O)[O-])CC1. The van der Waals surface area contributed by atoms with E-state index in [1.165, 1.54) is 6.07 Å². The van der Waals surface area contributed by atoms with Gasteiger partial charge >= 0.3 is 0 Å². The Kier molecular flexibility index (Phi) is 4.93. The summed E-state index contributed by atoms with van der Waals surface area (Å²) in [6.45, 7) is 2.14. The molecule has 20 heavy (non-hydrogen) atoms. The van der Waals surface area contributed by atoms with Crippen LogP contribution in [0.25, 0.3) is 0 Å². The highest BCUT2D eigenvalue weighted by Crippen LogP contribution is 2.29. The molecule has 0 bridgehead atoms. The summed E-state index contributed by atoms with van der Waals surface area (Å²) in [4.78, 5) is 12.8. The molecule has 6 nitrogen and oxygen atoms in total. The van der Waals surface area contributed by atoms with E-state index in [1.807, 2.05) is 0 Å². The minimum atomic E-state index is -0.377. The number of anilines is 1. The highest BCUT2D eigenvalue weighted by molar-refractivity contribution is 9.10. The van der Waals surface area contributed by atoms with Crippen molar-refractivity contribution in [2.45, 2.75) is 18.9 Å². The maximum Gasteiger partial charge on any atom is 0.293 e. The number of benzene rings is 1. The maximum absolute atomic E-state index is 11.1. The Bertz CT molecular complexity index is 536. The van der Waals surface area contributed by atoms with Crippen LogP contribution in [0.15, 0.2) is 22.7 Å². The van der Waals surface area contributed by atoms with Crippen molar-refractivity contribution in [3.63, 3.8) is 0 Å². The van der Waals surface area contributed by atoms with Crippen LogP contribution in [0.1, 0.15) is 12.8 Å². The van der Waals surface area contributed by atoms with E-state index < -0.39 is 0 Å². The van der Waals surface area contributed by atoms with Gasteiger partial charge in [-0.3, -0.25) is 15.0 Å². The van der Waals surface area contributed by atoms with E-state index in [2.05, 4.69) is 32.2 Å². The van der Waals surface area contributed by atoms with Crippen molar-refractivity contribution in [1.82, 2.24) is 4.90 Å². The van der Waals surface area contributed by atoms with Crippen LogP contribution in [0.4, 0.5) is 11.4 Å². The third-order valence-corrected chi connectivity index (χ3v) is 3.89. The van der Waals surface area contributed by atoms with Crippen molar-refractivity contribution in [3.8, 4) is 6.07 Å². The fourth-order valence-electron chi connectivity index (χ4n) is 2.33. The number of nitrogens with zero attached hydrogens (tertiary/aromatic N) is 3. The number of nitro groups is 1. The van der Waals surface area contributed by atoms with Crippen molar-refractivity contribution in [1.29, 1.82) is 5.26 Å². The molecule has 1 N–H and O–H groups in total. The molecule has 1 heterocycles. The summed E-state index contributed by atoms with van der Waals surface area (Å²) < 4.78 is 0.693. The van der Waals surface area contributed by atoms with Gasteiger partial charge in [0.05, 0.1) is 17.5 Å². The van der Waals surface area contributed by atoms with Crippen LogP contribution in [0.5, 0.6) is 0 Å². The minimum absolute atomic E-state index is 0.0822. The summed E-state index contributed by atoms with van der Waals surface area (Å²) in [5.41, 5.74) is 0.635. The predicted molar refractivity (Wildman–Crippen MR) is 79.5 cm³/mol. The van der Waals surface area contributed by atoms with E-state index in [-0.39, 0.29) is 16.7 Å². The predicted octanol–water partition coefficient (Wildman–Crippen LogP) is 2.76. The Labute approximate surface area is 125 Å². The van der Waals surface area contributed by atoms with Gasteiger partial charge in [0, 0.05) is 29.7 Å². The number of rotatable bonds is 4. The molecular formula is C13H15BrN4O2. The lowest BCUT2D eigenvalue weighted by Crippen LogP contribution is -2.39. The van der Waals surface area contributed by atoms with Crippen LogP contribution in [-0.4, -0.2) is 35.5 Å². The summed E-state index contributed by atoms with van der Waals surface area (Å²) >= 11 is 3.25. The Morgan fingerprint density at radius 3 is 2.80 bits per heavy atom. The molecule has 7 heteroatoms.